The van der Waals surface area contributed by atoms with Gasteiger partial charge in [-0.05, 0) is 18.1 Å². The minimum absolute atomic E-state index is 0.0371. The molecule has 1 unspecified atom stereocenters. The van der Waals surface area contributed by atoms with Gasteiger partial charge in [-0.3, -0.25) is 4.79 Å². The normalized spacial score (nSPS) is 12.2. The van der Waals surface area contributed by atoms with Crippen LogP contribution in [0.3, 0.4) is 0 Å². The fraction of sp³-hybridized carbons (Fsp3) is 0.300. The van der Waals surface area contributed by atoms with Crippen LogP contribution in [0.4, 0.5) is 0 Å². The minimum Gasteiger partial charge on any atom is -0.358 e. The summed E-state index contributed by atoms with van der Waals surface area (Å²) in [5, 5.41) is 3.27. The number of hydrogen-bond acceptors (Lipinski definition) is 1. The van der Waals surface area contributed by atoms with E-state index in [2.05, 4.69) is 21.2 Å². The first kappa shape index (κ1) is 11.5. The number of amides is 1. The van der Waals surface area contributed by atoms with Gasteiger partial charge in [0.1, 0.15) is 0 Å². The van der Waals surface area contributed by atoms with Gasteiger partial charge < -0.3 is 5.32 Å². The molecule has 76 valence electrons. The quantitative estimate of drug-likeness (QED) is 0.844. The Morgan fingerprint density at radius 1 is 1.57 bits per heavy atom. The standard InChI is InChI=1S/C10H11BrClNO/c1-13-10(14)8(11)6-7-4-2-3-5-9(7)12/h2-5,8H,6H2,1H3,(H,13,14). The number of carbonyl (C=O) groups is 1. The highest BCUT2D eigenvalue weighted by Gasteiger charge is 2.14. The molecule has 1 rings (SSSR count). The van der Waals surface area contributed by atoms with E-state index in [4.69, 9.17) is 11.6 Å². The summed E-state index contributed by atoms with van der Waals surface area (Å²) in [5.41, 5.74) is 0.972. The van der Waals surface area contributed by atoms with Gasteiger partial charge in [-0.1, -0.05) is 45.7 Å². The van der Waals surface area contributed by atoms with Crippen molar-refractivity contribution in [3.8, 4) is 0 Å². The monoisotopic (exact) mass is 275 g/mol. The van der Waals surface area contributed by atoms with Crippen LogP contribution in [0.25, 0.3) is 0 Å². The number of hydrogen-bond donors (Lipinski definition) is 1. The van der Waals surface area contributed by atoms with E-state index in [1.165, 1.54) is 0 Å². The van der Waals surface area contributed by atoms with Crippen LogP contribution in [0.15, 0.2) is 24.3 Å². The minimum atomic E-state index is -0.229. The average molecular weight is 277 g/mol. The van der Waals surface area contributed by atoms with E-state index < -0.39 is 0 Å². The van der Waals surface area contributed by atoms with Crippen molar-refractivity contribution < 1.29 is 4.79 Å². The molecule has 1 atom stereocenters. The predicted molar refractivity (Wildman–Crippen MR) is 61.9 cm³/mol. The lowest BCUT2D eigenvalue weighted by atomic mass is 10.1. The van der Waals surface area contributed by atoms with Gasteiger partial charge in [-0.15, -0.1) is 0 Å². The van der Waals surface area contributed by atoms with Crippen LogP contribution >= 0.6 is 27.5 Å². The number of halogens is 2. The summed E-state index contributed by atoms with van der Waals surface area (Å²) < 4.78 is 0. The highest BCUT2D eigenvalue weighted by atomic mass is 79.9. The van der Waals surface area contributed by atoms with Gasteiger partial charge in [0.2, 0.25) is 5.91 Å². The Morgan fingerprint density at radius 3 is 2.79 bits per heavy atom. The molecule has 14 heavy (non-hydrogen) atoms. The van der Waals surface area contributed by atoms with Crippen LogP contribution < -0.4 is 5.32 Å². The number of alkyl halides is 1. The van der Waals surface area contributed by atoms with Gasteiger partial charge in [0.25, 0.3) is 0 Å². The third-order valence-corrected chi connectivity index (χ3v) is 3.00. The van der Waals surface area contributed by atoms with E-state index in [0.717, 1.165) is 5.56 Å². The van der Waals surface area contributed by atoms with Crippen LogP contribution in [0.5, 0.6) is 0 Å². The van der Waals surface area contributed by atoms with Gasteiger partial charge in [0, 0.05) is 12.1 Å². The lowest BCUT2D eigenvalue weighted by Gasteiger charge is -2.09. The molecular weight excluding hydrogens is 265 g/mol. The van der Waals surface area contributed by atoms with E-state index >= 15 is 0 Å². The summed E-state index contributed by atoms with van der Waals surface area (Å²) in [6, 6.07) is 7.51. The average Bonchev–Trinajstić information content (AvgIpc) is 2.20. The summed E-state index contributed by atoms with van der Waals surface area (Å²) in [4.78, 5) is 11.0. The summed E-state index contributed by atoms with van der Waals surface area (Å²) >= 11 is 9.27. The summed E-state index contributed by atoms with van der Waals surface area (Å²) in [6.07, 6.45) is 0.597. The fourth-order valence-corrected chi connectivity index (χ4v) is 1.90. The highest BCUT2D eigenvalue weighted by molar-refractivity contribution is 9.10. The molecule has 0 aliphatic heterocycles. The molecule has 0 bridgehead atoms. The van der Waals surface area contributed by atoms with Gasteiger partial charge >= 0.3 is 0 Å². The second-order valence-corrected chi connectivity index (χ2v) is 4.39. The van der Waals surface area contributed by atoms with Crippen molar-refractivity contribution in [3.05, 3.63) is 34.9 Å². The van der Waals surface area contributed by atoms with Gasteiger partial charge in [0.15, 0.2) is 0 Å². The SMILES string of the molecule is CNC(=O)C(Br)Cc1ccccc1Cl. The van der Waals surface area contributed by atoms with Crippen LogP contribution in [-0.4, -0.2) is 17.8 Å². The third-order valence-electron chi connectivity index (χ3n) is 1.89. The fourth-order valence-electron chi connectivity index (χ4n) is 1.11. The summed E-state index contributed by atoms with van der Waals surface area (Å²) in [5.74, 6) is -0.0371. The molecule has 1 amide bonds. The molecule has 1 aromatic rings. The van der Waals surface area contributed by atoms with E-state index in [1.54, 1.807) is 7.05 Å². The Labute approximate surface area is 96.8 Å². The number of carbonyl (C=O) groups excluding carboxylic acids is 1. The zero-order valence-corrected chi connectivity index (χ0v) is 10.1. The van der Waals surface area contributed by atoms with Crippen molar-refractivity contribution in [2.45, 2.75) is 11.2 Å². The van der Waals surface area contributed by atoms with Crippen LogP contribution in [-0.2, 0) is 11.2 Å². The van der Waals surface area contributed by atoms with E-state index in [-0.39, 0.29) is 10.7 Å². The van der Waals surface area contributed by atoms with Crippen molar-refractivity contribution >= 4 is 33.4 Å². The first-order chi connectivity index (χ1) is 6.65. The van der Waals surface area contributed by atoms with Crippen molar-refractivity contribution in [2.24, 2.45) is 0 Å². The molecule has 0 spiro atoms. The molecule has 0 heterocycles. The first-order valence-corrected chi connectivity index (χ1v) is 5.53. The maximum Gasteiger partial charge on any atom is 0.233 e. The van der Waals surface area contributed by atoms with Gasteiger partial charge in [-0.25, -0.2) is 0 Å². The molecule has 0 aliphatic carbocycles. The predicted octanol–water partition coefficient (Wildman–Crippen LogP) is 2.39. The van der Waals surface area contributed by atoms with Crippen molar-refractivity contribution in [1.82, 2.24) is 5.32 Å². The van der Waals surface area contributed by atoms with Crippen LogP contribution in [0.1, 0.15) is 5.56 Å². The van der Waals surface area contributed by atoms with Crippen molar-refractivity contribution in [1.29, 1.82) is 0 Å². The molecule has 0 fully saturated rings. The second kappa shape index (κ2) is 5.37. The summed E-state index contributed by atoms with van der Waals surface area (Å²) in [7, 11) is 1.61. The largest absolute Gasteiger partial charge is 0.358 e. The molecule has 0 saturated heterocycles. The van der Waals surface area contributed by atoms with E-state index in [9.17, 15) is 4.79 Å². The molecule has 0 radical (unpaired) electrons. The number of benzene rings is 1. The molecule has 0 saturated carbocycles. The zero-order valence-electron chi connectivity index (χ0n) is 7.76. The molecule has 1 N–H and O–H groups in total. The maximum absolute atomic E-state index is 11.2. The first-order valence-electron chi connectivity index (χ1n) is 4.24. The molecule has 0 aliphatic rings. The van der Waals surface area contributed by atoms with Gasteiger partial charge in [0.05, 0.1) is 4.83 Å². The number of nitrogens with one attached hydrogen (secondary N) is 1. The third kappa shape index (κ3) is 3.00. The number of rotatable bonds is 3. The van der Waals surface area contributed by atoms with Crippen LogP contribution in [0, 0.1) is 0 Å². The van der Waals surface area contributed by atoms with Gasteiger partial charge in [-0.2, -0.15) is 0 Å². The van der Waals surface area contributed by atoms with E-state index in [0.29, 0.717) is 11.4 Å². The maximum atomic E-state index is 11.2. The molecule has 0 aromatic heterocycles. The van der Waals surface area contributed by atoms with Crippen molar-refractivity contribution in [3.63, 3.8) is 0 Å². The highest BCUT2D eigenvalue weighted by Crippen LogP contribution is 2.19. The Hall–Kier alpha value is -0.540. The molecule has 1 aromatic carbocycles. The summed E-state index contributed by atoms with van der Waals surface area (Å²) in [6.45, 7) is 0. The topological polar surface area (TPSA) is 29.1 Å². The van der Waals surface area contributed by atoms with E-state index in [1.807, 2.05) is 24.3 Å². The van der Waals surface area contributed by atoms with Crippen molar-refractivity contribution in [2.75, 3.05) is 7.05 Å². The molecule has 2 nitrogen and oxygen atoms in total. The Morgan fingerprint density at radius 2 is 2.21 bits per heavy atom. The van der Waals surface area contributed by atoms with Crippen LogP contribution in [0.2, 0.25) is 5.02 Å². The zero-order chi connectivity index (χ0) is 10.6. The lowest BCUT2D eigenvalue weighted by molar-refractivity contribution is -0.119. The Kier molecular flexibility index (Phi) is 4.42. The molecule has 4 heteroatoms. The lowest BCUT2D eigenvalue weighted by Crippen LogP contribution is -2.29. The second-order valence-electron chi connectivity index (χ2n) is 2.88. The smallest absolute Gasteiger partial charge is 0.233 e. The molecular formula is C10H11BrClNO. The Bertz CT molecular complexity index is 330. The Balaban J connectivity index is 2.69.